The second-order valence-electron chi connectivity index (χ2n) is 2.82. The molecule has 0 aromatic heterocycles. The van der Waals surface area contributed by atoms with Crippen molar-refractivity contribution in [3.63, 3.8) is 0 Å². The lowest BCUT2D eigenvalue weighted by molar-refractivity contribution is 0.0265. The van der Waals surface area contributed by atoms with Gasteiger partial charge in [0.15, 0.2) is 6.07 Å². The highest BCUT2D eigenvalue weighted by molar-refractivity contribution is 6.17. The van der Waals surface area contributed by atoms with E-state index in [1.807, 2.05) is 0 Å². The van der Waals surface area contributed by atoms with Crippen LogP contribution < -0.4 is 0 Å². The van der Waals surface area contributed by atoms with Crippen LogP contribution in [0.1, 0.15) is 39.5 Å². The van der Waals surface area contributed by atoms with E-state index in [0.717, 1.165) is 25.7 Å². The van der Waals surface area contributed by atoms with Crippen LogP contribution in [0.5, 0.6) is 0 Å². The first-order valence-electron chi connectivity index (χ1n) is 4.63. The first-order valence-corrected chi connectivity index (χ1v) is 5.17. The Hall–Kier alpha value is -0.440. The molecule has 0 amide bonds. The van der Waals surface area contributed by atoms with Crippen LogP contribution >= 0.6 is 11.6 Å². The van der Waals surface area contributed by atoms with Gasteiger partial charge in [-0.2, -0.15) is 0 Å². The molecule has 0 N–H and O–H groups in total. The second kappa shape index (κ2) is 8.17. The maximum absolute atomic E-state index is 10.9. The van der Waals surface area contributed by atoms with E-state index in [0.29, 0.717) is 0 Å². The minimum absolute atomic E-state index is 0.0225. The molecule has 0 aromatic carbocycles. The summed E-state index contributed by atoms with van der Waals surface area (Å²) in [6, 6.07) is -0.149. The van der Waals surface area contributed by atoms with Gasteiger partial charge in [-0.25, -0.2) is 4.79 Å². The molecule has 0 aromatic rings. The zero-order valence-corrected chi connectivity index (χ0v) is 8.97. The highest BCUT2D eigenvalue weighted by Gasteiger charge is 2.12. The number of ether oxygens (including phenoxy) is 2. The maximum atomic E-state index is 10.9. The van der Waals surface area contributed by atoms with E-state index < -0.39 is 6.16 Å². The molecule has 0 saturated carbocycles. The lowest BCUT2D eigenvalue weighted by Gasteiger charge is -2.15. The van der Waals surface area contributed by atoms with Gasteiger partial charge in [-0.05, 0) is 12.8 Å². The summed E-state index contributed by atoms with van der Waals surface area (Å²) in [6.45, 7) is 4.11. The molecular formula is C9H17ClO3. The minimum Gasteiger partial charge on any atom is -0.431 e. The molecular weight excluding hydrogens is 192 g/mol. The van der Waals surface area contributed by atoms with Crippen molar-refractivity contribution in [2.45, 2.75) is 45.6 Å². The normalized spacial score (nSPS) is 10.2. The summed E-state index contributed by atoms with van der Waals surface area (Å²) in [5.74, 6) is 0. The summed E-state index contributed by atoms with van der Waals surface area (Å²) in [6.07, 6.45) is 3.07. The Morgan fingerprint density at radius 3 is 2.23 bits per heavy atom. The van der Waals surface area contributed by atoms with Crippen LogP contribution in [0.3, 0.4) is 0 Å². The molecule has 4 heteroatoms. The van der Waals surface area contributed by atoms with Gasteiger partial charge in [-0.15, -0.1) is 0 Å². The van der Waals surface area contributed by atoms with Crippen molar-refractivity contribution < 1.29 is 14.3 Å². The summed E-state index contributed by atoms with van der Waals surface area (Å²) in [4.78, 5) is 10.9. The van der Waals surface area contributed by atoms with E-state index in [-0.39, 0.29) is 12.2 Å². The average molecular weight is 209 g/mol. The van der Waals surface area contributed by atoms with Crippen molar-refractivity contribution >= 4 is 17.8 Å². The van der Waals surface area contributed by atoms with E-state index >= 15 is 0 Å². The van der Waals surface area contributed by atoms with E-state index in [2.05, 4.69) is 18.6 Å². The molecule has 0 saturated heterocycles. The van der Waals surface area contributed by atoms with Crippen molar-refractivity contribution in [1.29, 1.82) is 0 Å². The van der Waals surface area contributed by atoms with Crippen LogP contribution in [0.25, 0.3) is 0 Å². The molecule has 0 spiro atoms. The molecule has 78 valence electrons. The second-order valence-corrected chi connectivity index (χ2v) is 3.04. The zero-order chi connectivity index (χ0) is 10.1. The van der Waals surface area contributed by atoms with Gasteiger partial charge in [0, 0.05) is 0 Å². The smallest absolute Gasteiger partial charge is 0.431 e. The summed E-state index contributed by atoms with van der Waals surface area (Å²) in [5.41, 5.74) is 0. The minimum atomic E-state index is -0.665. The van der Waals surface area contributed by atoms with Crippen LogP contribution in [0.4, 0.5) is 4.79 Å². The van der Waals surface area contributed by atoms with Gasteiger partial charge in [0.05, 0.1) is 0 Å². The fourth-order valence-electron chi connectivity index (χ4n) is 1.12. The Kier molecular flexibility index (Phi) is 7.90. The van der Waals surface area contributed by atoms with Crippen LogP contribution in [0, 0.1) is 0 Å². The van der Waals surface area contributed by atoms with Crippen LogP contribution in [0.2, 0.25) is 0 Å². The van der Waals surface area contributed by atoms with Gasteiger partial charge in [0.2, 0.25) is 0 Å². The molecule has 0 aliphatic rings. The summed E-state index contributed by atoms with van der Waals surface area (Å²) in [7, 11) is 0. The van der Waals surface area contributed by atoms with Gasteiger partial charge in [-0.1, -0.05) is 38.3 Å². The van der Waals surface area contributed by atoms with Gasteiger partial charge >= 0.3 is 6.16 Å². The number of rotatable bonds is 6. The maximum Gasteiger partial charge on any atom is 0.509 e. The van der Waals surface area contributed by atoms with Crippen molar-refractivity contribution in [1.82, 2.24) is 0 Å². The van der Waals surface area contributed by atoms with Crippen molar-refractivity contribution in [3.05, 3.63) is 0 Å². The first-order chi connectivity index (χ1) is 6.24. The number of carbonyl (C=O) groups excluding carboxylic acids is 1. The number of carbonyl (C=O) groups is 1. The van der Waals surface area contributed by atoms with Gasteiger partial charge in [0.25, 0.3) is 0 Å². The van der Waals surface area contributed by atoms with Gasteiger partial charge in [-0.3, -0.25) is 0 Å². The fraction of sp³-hybridized carbons (Fsp3) is 0.889. The molecule has 0 bridgehead atoms. The monoisotopic (exact) mass is 208 g/mol. The molecule has 0 atom stereocenters. The topological polar surface area (TPSA) is 35.5 Å². The van der Waals surface area contributed by atoms with E-state index in [9.17, 15) is 4.79 Å². The largest absolute Gasteiger partial charge is 0.509 e. The third kappa shape index (κ3) is 6.70. The van der Waals surface area contributed by atoms with Crippen molar-refractivity contribution in [2.24, 2.45) is 0 Å². The van der Waals surface area contributed by atoms with Crippen LogP contribution in [-0.4, -0.2) is 18.3 Å². The van der Waals surface area contributed by atoms with Gasteiger partial charge in [0.1, 0.15) is 6.10 Å². The lowest BCUT2D eigenvalue weighted by Crippen LogP contribution is -2.18. The van der Waals surface area contributed by atoms with E-state index in [4.69, 9.17) is 16.3 Å². The molecule has 0 unspecified atom stereocenters. The fourth-order valence-corrected chi connectivity index (χ4v) is 1.21. The van der Waals surface area contributed by atoms with E-state index in [1.165, 1.54) is 0 Å². The average Bonchev–Trinajstić information content (AvgIpc) is 2.05. The van der Waals surface area contributed by atoms with Crippen LogP contribution in [0.15, 0.2) is 0 Å². The molecule has 13 heavy (non-hydrogen) atoms. The Morgan fingerprint density at radius 2 is 1.85 bits per heavy atom. The quantitative estimate of drug-likeness (QED) is 0.496. The predicted molar refractivity (Wildman–Crippen MR) is 51.9 cm³/mol. The highest BCUT2D eigenvalue weighted by atomic mass is 35.5. The number of halogens is 1. The third-order valence-corrected chi connectivity index (χ3v) is 1.77. The van der Waals surface area contributed by atoms with E-state index in [1.54, 1.807) is 0 Å². The zero-order valence-electron chi connectivity index (χ0n) is 8.22. The highest BCUT2D eigenvalue weighted by Crippen LogP contribution is 2.10. The summed E-state index contributed by atoms with van der Waals surface area (Å²) in [5, 5.41) is 0. The Balaban J connectivity index is 3.71. The number of alkyl halides is 1. The molecule has 0 aliphatic heterocycles. The Morgan fingerprint density at radius 1 is 1.31 bits per heavy atom. The molecule has 3 nitrogen and oxygen atoms in total. The Labute approximate surface area is 84.4 Å². The summed E-state index contributed by atoms with van der Waals surface area (Å²) >= 11 is 5.21. The molecule has 0 aliphatic carbocycles. The number of hydrogen-bond acceptors (Lipinski definition) is 3. The van der Waals surface area contributed by atoms with Crippen molar-refractivity contribution in [2.75, 3.05) is 6.07 Å². The van der Waals surface area contributed by atoms with Crippen molar-refractivity contribution in [3.8, 4) is 0 Å². The van der Waals surface area contributed by atoms with Gasteiger partial charge < -0.3 is 9.47 Å². The molecule has 0 heterocycles. The third-order valence-electron chi connectivity index (χ3n) is 1.66. The molecule has 0 radical (unpaired) electrons. The molecule has 0 fully saturated rings. The molecule has 0 rings (SSSR count). The predicted octanol–water partition coefficient (Wildman–Crippen LogP) is 3.30. The lowest BCUT2D eigenvalue weighted by atomic mass is 10.1. The van der Waals surface area contributed by atoms with Crippen LogP contribution in [-0.2, 0) is 9.47 Å². The standard InChI is InChI=1S/C9H17ClO3/c1-3-5-8(6-4-2)13-9(11)12-7-10/h8H,3-7H2,1-2H3. The first kappa shape index (κ1) is 12.6. The summed E-state index contributed by atoms with van der Waals surface area (Å²) < 4.78 is 9.50. The Bertz CT molecular complexity index is 133. The SMILES string of the molecule is CCCC(CCC)OC(=O)OCCl. The number of hydrogen-bond donors (Lipinski definition) is 0.